The molecule has 2 aromatic rings. The number of allylic oxidation sites excluding steroid dienone is 1. The third kappa shape index (κ3) is 5.12. The predicted octanol–water partition coefficient (Wildman–Crippen LogP) is 6.39. The fourth-order valence-corrected chi connectivity index (χ4v) is 5.71. The summed E-state index contributed by atoms with van der Waals surface area (Å²) >= 11 is 0.876. The number of benzene rings is 2. The van der Waals surface area contributed by atoms with E-state index in [1.807, 2.05) is 32.0 Å². The molecular weight excluding hydrogens is 470 g/mol. The minimum atomic E-state index is -0.442. The molecule has 36 heavy (non-hydrogen) atoms. The normalized spacial score (nSPS) is 17.9. The number of hydrogen-bond acceptors (Lipinski definition) is 5. The summed E-state index contributed by atoms with van der Waals surface area (Å²) in [7, 11) is 0. The Kier molecular flexibility index (Phi) is 7.14. The zero-order valence-electron chi connectivity index (χ0n) is 21.8. The number of fused-ring (bicyclic) bond motifs is 1. The number of nitrogens with one attached hydrogen (secondary N) is 1. The van der Waals surface area contributed by atoms with E-state index in [1.165, 1.54) is 11.3 Å². The number of nitrogens with zero attached hydrogens (tertiary/aromatic N) is 2. The molecular formula is C29H33N3O3S. The van der Waals surface area contributed by atoms with Gasteiger partial charge >= 0.3 is 0 Å². The van der Waals surface area contributed by atoms with Gasteiger partial charge in [-0.15, -0.1) is 0 Å². The van der Waals surface area contributed by atoms with Crippen LogP contribution >= 0.6 is 11.8 Å². The molecule has 4 rings (SSSR count). The van der Waals surface area contributed by atoms with Crippen LogP contribution in [0.3, 0.4) is 0 Å². The summed E-state index contributed by atoms with van der Waals surface area (Å²) in [6.45, 7) is 13.3. The largest absolute Gasteiger partial charge is 0.362 e. The van der Waals surface area contributed by atoms with Crippen LogP contribution in [0.25, 0.3) is 11.6 Å². The van der Waals surface area contributed by atoms with Crippen LogP contribution < -0.4 is 10.2 Å². The second-order valence-corrected chi connectivity index (χ2v) is 11.0. The number of carbonyl (C=O) groups excluding carboxylic acids is 3. The van der Waals surface area contributed by atoms with Crippen LogP contribution in [0.4, 0.5) is 16.2 Å². The summed E-state index contributed by atoms with van der Waals surface area (Å²) in [6, 6.07) is 11.7. The molecule has 2 heterocycles. The second kappa shape index (κ2) is 9.97. The molecule has 1 N–H and O–H groups in total. The number of anilines is 2. The van der Waals surface area contributed by atoms with Crippen LogP contribution in [0.15, 0.2) is 47.4 Å². The van der Waals surface area contributed by atoms with Crippen LogP contribution in [0.2, 0.25) is 0 Å². The van der Waals surface area contributed by atoms with Gasteiger partial charge in [-0.05, 0) is 105 Å². The Morgan fingerprint density at radius 3 is 2.56 bits per heavy atom. The van der Waals surface area contributed by atoms with Crippen molar-refractivity contribution in [3.8, 4) is 0 Å². The Balaban J connectivity index is 1.57. The lowest BCUT2D eigenvalue weighted by atomic mass is 9.86. The SMILES string of the molecule is CCCN1c2cc(C)c(/C=C3/SC(=O)N(CC(=O)Nc4cccc(C)c4)C3=O)cc2C(C)=CC1(C)C. The Labute approximate surface area is 217 Å². The number of thioether (sulfide) groups is 1. The molecule has 1 saturated heterocycles. The Bertz CT molecular complexity index is 1310. The van der Waals surface area contributed by atoms with Gasteiger partial charge in [-0.3, -0.25) is 19.3 Å². The third-order valence-corrected chi connectivity index (χ3v) is 7.48. The van der Waals surface area contributed by atoms with Crippen molar-refractivity contribution in [2.75, 3.05) is 23.3 Å². The molecule has 3 amide bonds. The van der Waals surface area contributed by atoms with E-state index in [9.17, 15) is 14.4 Å². The minimum Gasteiger partial charge on any atom is -0.362 e. The average Bonchev–Trinajstić information content (AvgIpc) is 3.04. The van der Waals surface area contributed by atoms with E-state index in [2.05, 4.69) is 56.1 Å². The highest BCUT2D eigenvalue weighted by Crippen LogP contribution is 2.41. The van der Waals surface area contributed by atoms with Gasteiger partial charge in [-0.2, -0.15) is 0 Å². The monoisotopic (exact) mass is 503 g/mol. The molecule has 0 radical (unpaired) electrons. The second-order valence-electron chi connectivity index (χ2n) is 10.0. The number of hydrogen-bond donors (Lipinski definition) is 1. The summed E-state index contributed by atoms with van der Waals surface area (Å²) in [5.74, 6) is -0.851. The maximum absolute atomic E-state index is 13.1. The van der Waals surface area contributed by atoms with Crippen LogP contribution in [0, 0.1) is 13.8 Å². The van der Waals surface area contributed by atoms with Crippen molar-refractivity contribution in [2.24, 2.45) is 0 Å². The Hall–Kier alpha value is -3.32. The van der Waals surface area contributed by atoms with Crippen molar-refractivity contribution in [1.82, 2.24) is 4.90 Å². The molecule has 188 valence electrons. The van der Waals surface area contributed by atoms with Gasteiger partial charge in [0.2, 0.25) is 5.91 Å². The van der Waals surface area contributed by atoms with Crippen molar-refractivity contribution < 1.29 is 14.4 Å². The summed E-state index contributed by atoms with van der Waals surface area (Å²) in [6.07, 6.45) is 5.10. The molecule has 7 heteroatoms. The highest BCUT2D eigenvalue weighted by Gasteiger charge is 2.37. The van der Waals surface area contributed by atoms with Crippen LogP contribution in [0.1, 0.15) is 56.4 Å². The molecule has 0 bridgehead atoms. The maximum Gasteiger partial charge on any atom is 0.294 e. The number of aryl methyl sites for hydroxylation is 2. The Morgan fingerprint density at radius 1 is 1.11 bits per heavy atom. The fraction of sp³-hybridized carbons (Fsp3) is 0.345. The topological polar surface area (TPSA) is 69.7 Å². The van der Waals surface area contributed by atoms with Gasteiger partial charge in [-0.1, -0.05) is 25.1 Å². The molecule has 0 saturated carbocycles. The maximum atomic E-state index is 13.1. The average molecular weight is 504 g/mol. The van der Waals surface area contributed by atoms with E-state index < -0.39 is 17.1 Å². The molecule has 0 atom stereocenters. The van der Waals surface area contributed by atoms with Gasteiger partial charge in [0.05, 0.1) is 10.4 Å². The molecule has 6 nitrogen and oxygen atoms in total. The molecule has 0 aromatic heterocycles. The summed E-state index contributed by atoms with van der Waals surface area (Å²) in [5, 5.41) is 2.32. The van der Waals surface area contributed by atoms with E-state index in [4.69, 9.17) is 0 Å². The molecule has 1 fully saturated rings. The third-order valence-electron chi connectivity index (χ3n) is 6.58. The lowest BCUT2D eigenvalue weighted by molar-refractivity contribution is -0.127. The molecule has 0 spiro atoms. The number of amides is 3. The number of rotatable bonds is 6. The van der Waals surface area contributed by atoms with Crippen molar-refractivity contribution in [1.29, 1.82) is 0 Å². The summed E-state index contributed by atoms with van der Waals surface area (Å²) in [5.41, 5.74) is 7.01. The lowest BCUT2D eigenvalue weighted by Gasteiger charge is -2.43. The molecule has 2 aromatic carbocycles. The van der Waals surface area contributed by atoms with E-state index in [0.717, 1.165) is 51.9 Å². The van der Waals surface area contributed by atoms with E-state index in [1.54, 1.807) is 12.1 Å². The highest BCUT2D eigenvalue weighted by molar-refractivity contribution is 8.18. The summed E-state index contributed by atoms with van der Waals surface area (Å²) in [4.78, 5) is 42.0. The van der Waals surface area contributed by atoms with Crippen molar-refractivity contribution in [3.05, 3.63) is 69.6 Å². The standard InChI is InChI=1S/C29H33N3O3S/c1-7-11-32-24-13-19(3)21(14-23(24)20(4)16-29(32,5)6)15-25-27(34)31(28(35)36-25)17-26(33)30-22-10-8-9-18(2)12-22/h8-10,12-16H,7,11,17H2,1-6H3,(H,30,33)/b25-15+. The highest BCUT2D eigenvalue weighted by atomic mass is 32.2. The Morgan fingerprint density at radius 2 is 1.86 bits per heavy atom. The van der Waals surface area contributed by atoms with E-state index in [0.29, 0.717) is 10.6 Å². The van der Waals surface area contributed by atoms with Gasteiger partial charge in [0.15, 0.2) is 0 Å². The predicted molar refractivity (Wildman–Crippen MR) is 149 cm³/mol. The van der Waals surface area contributed by atoms with Crippen molar-refractivity contribution in [2.45, 2.75) is 53.5 Å². The van der Waals surface area contributed by atoms with Gasteiger partial charge < -0.3 is 10.2 Å². The first-order chi connectivity index (χ1) is 17.0. The van der Waals surface area contributed by atoms with Crippen LogP contribution in [-0.4, -0.2) is 40.6 Å². The molecule has 0 unspecified atom stereocenters. The quantitative estimate of drug-likeness (QED) is 0.463. The zero-order chi connectivity index (χ0) is 26.2. The molecule has 2 aliphatic heterocycles. The fourth-order valence-electron chi connectivity index (χ4n) is 4.88. The van der Waals surface area contributed by atoms with Gasteiger partial charge in [0.1, 0.15) is 6.54 Å². The van der Waals surface area contributed by atoms with Gasteiger partial charge in [0, 0.05) is 23.5 Å². The number of imide groups is 1. The van der Waals surface area contributed by atoms with Crippen LogP contribution in [0.5, 0.6) is 0 Å². The first-order valence-electron chi connectivity index (χ1n) is 12.2. The number of carbonyl (C=O) groups is 3. The van der Waals surface area contributed by atoms with Crippen molar-refractivity contribution >= 4 is 51.8 Å². The van der Waals surface area contributed by atoms with E-state index in [-0.39, 0.29) is 12.1 Å². The summed E-state index contributed by atoms with van der Waals surface area (Å²) < 4.78 is 0. The molecule has 2 aliphatic rings. The minimum absolute atomic E-state index is 0.0806. The molecule has 0 aliphatic carbocycles. The van der Waals surface area contributed by atoms with E-state index >= 15 is 0 Å². The van der Waals surface area contributed by atoms with Crippen LogP contribution in [-0.2, 0) is 9.59 Å². The first kappa shape index (κ1) is 25.8. The zero-order valence-corrected chi connectivity index (χ0v) is 22.6. The van der Waals surface area contributed by atoms with Crippen molar-refractivity contribution in [3.63, 3.8) is 0 Å². The van der Waals surface area contributed by atoms with Gasteiger partial charge in [-0.25, -0.2) is 0 Å². The smallest absolute Gasteiger partial charge is 0.294 e. The first-order valence-corrected chi connectivity index (χ1v) is 13.1. The van der Waals surface area contributed by atoms with Gasteiger partial charge in [0.25, 0.3) is 11.1 Å². The lowest BCUT2D eigenvalue weighted by Crippen LogP contribution is -2.45.